The largest absolute Gasteiger partial charge is 0.383 e. The van der Waals surface area contributed by atoms with Crippen LogP contribution in [0.25, 0.3) is 10.9 Å². The molecule has 0 aliphatic carbocycles. The van der Waals surface area contributed by atoms with E-state index in [9.17, 15) is 0 Å². The molecule has 1 N–H and O–H groups in total. The van der Waals surface area contributed by atoms with Crippen LogP contribution in [0.15, 0.2) is 60.7 Å². The topological polar surface area (TPSA) is 24.9 Å². The van der Waals surface area contributed by atoms with Crippen molar-refractivity contribution in [3.8, 4) is 0 Å². The molecule has 1 heterocycles. The van der Waals surface area contributed by atoms with Gasteiger partial charge in [0.1, 0.15) is 0 Å². The van der Waals surface area contributed by atoms with Crippen LogP contribution in [-0.2, 0) is 6.42 Å². The predicted octanol–water partition coefficient (Wildman–Crippen LogP) is 4.20. The van der Waals surface area contributed by atoms with Crippen LogP contribution in [0, 0.1) is 6.92 Å². The maximum atomic E-state index is 4.64. The zero-order chi connectivity index (χ0) is 13.8. The smallest absolute Gasteiger partial charge is 0.0936 e. The van der Waals surface area contributed by atoms with Crippen LogP contribution < -0.4 is 5.32 Å². The van der Waals surface area contributed by atoms with E-state index in [4.69, 9.17) is 0 Å². The van der Waals surface area contributed by atoms with Gasteiger partial charge >= 0.3 is 0 Å². The normalized spacial score (nSPS) is 10.7. The second-order valence-corrected chi connectivity index (χ2v) is 4.99. The summed E-state index contributed by atoms with van der Waals surface area (Å²) in [7, 11) is 0. The van der Waals surface area contributed by atoms with Crippen molar-refractivity contribution in [2.24, 2.45) is 0 Å². The number of nitrogens with one attached hydrogen (secondary N) is 1. The van der Waals surface area contributed by atoms with Gasteiger partial charge in [0.15, 0.2) is 0 Å². The van der Waals surface area contributed by atoms with Crippen LogP contribution in [0.2, 0.25) is 0 Å². The van der Waals surface area contributed by atoms with Crippen molar-refractivity contribution in [2.45, 2.75) is 13.3 Å². The van der Waals surface area contributed by atoms with E-state index in [1.54, 1.807) is 0 Å². The van der Waals surface area contributed by atoms with Gasteiger partial charge in [0.05, 0.1) is 11.2 Å². The van der Waals surface area contributed by atoms with Crippen molar-refractivity contribution in [3.05, 3.63) is 71.9 Å². The van der Waals surface area contributed by atoms with E-state index >= 15 is 0 Å². The van der Waals surface area contributed by atoms with Gasteiger partial charge in [-0.3, -0.25) is 4.98 Å². The van der Waals surface area contributed by atoms with Crippen LogP contribution in [0.1, 0.15) is 11.3 Å². The van der Waals surface area contributed by atoms with Gasteiger partial charge in [0.25, 0.3) is 0 Å². The fourth-order valence-electron chi connectivity index (χ4n) is 2.37. The summed E-state index contributed by atoms with van der Waals surface area (Å²) < 4.78 is 0. The zero-order valence-corrected chi connectivity index (χ0v) is 11.6. The molecule has 1 aromatic heterocycles. The van der Waals surface area contributed by atoms with Gasteiger partial charge in [-0.15, -0.1) is 0 Å². The van der Waals surface area contributed by atoms with Gasteiger partial charge in [-0.1, -0.05) is 48.5 Å². The molecule has 0 saturated carbocycles. The maximum absolute atomic E-state index is 4.64. The van der Waals surface area contributed by atoms with Crippen molar-refractivity contribution < 1.29 is 0 Å². The lowest BCUT2D eigenvalue weighted by Gasteiger charge is -2.09. The molecule has 2 nitrogen and oxygen atoms in total. The molecule has 3 aromatic rings. The molecule has 0 amide bonds. The first-order valence-electron chi connectivity index (χ1n) is 6.97. The van der Waals surface area contributed by atoms with Gasteiger partial charge in [-0.2, -0.15) is 0 Å². The van der Waals surface area contributed by atoms with Gasteiger partial charge in [-0.25, -0.2) is 0 Å². The number of hydrogen-bond acceptors (Lipinski definition) is 2. The number of anilines is 1. The highest BCUT2D eigenvalue weighted by Crippen LogP contribution is 2.21. The Balaban J connectivity index is 1.76. The minimum absolute atomic E-state index is 0.915. The van der Waals surface area contributed by atoms with Crippen molar-refractivity contribution in [2.75, 3.05) is 11.9 Å². The Kier molecular flexibility index (Phi) is 3.64. The number of fused-ring (bicyclic) bond motifs is 1. The molecule has 0 fully saturated rings. The highest BCUT2D eigenvalue weighted by molar-refractivity contribution is 5.90. The van der Waals surface area contributed by atoms with Gasteiger partial charge in [0, 0.05) is 17.6 Å². The second-order valence-electron chi connectivity index (χ2n) is 4.99. The third kappa shape index (κ3) is 2.80. The van der Waals surface area contributed by atoms with Crippen LogP contribution in [0.5, 0.6) is 0 Å². The summed E-state index contributed by atoms with van der Waals surface area (Å²) >= 11 is 0. The molecule has 0 radical (unpaired) electrons. The number of rotatable bonds is 4. The standard InChI is InChI=1S/C18H18N2/c1-14-10-11-16-8-5-9-17(18(16)20-14)19-13-12-15-6-3-2-4-7-15/h2-11,19H,12-13H2,1H3. The van der Waals surface area contributed by atoms with Crippen LogP contribution in [0.3, 0.4) is 0 Å². The average molecular weight is 262 g/mol. The Labute approximate surface area is 119 Å². The molecule has 20 heavy (non-hydrogen) atoms. The summed E-state index contributed by atoms with van der Waals surface area (Å²) in [5.41, 5.74) is 4.57. The number of aromatic nitrogens is 1. The van der Waals surface area contributed by atoms with Gasteiger partial charge in [-0.05, 0) is 31.0 Å². The van der Waals surface area contributed by atoms with Crippen molar-refractivity contribution in [1.29, 1.82) is 0 Å². The van der Waals surface area contributed by atoms with Crippen LogP contribution in [0.4, 0.5) is 5.69 Å². The van der Waals surface area contributed by atoms with E-state index in [0.29, 0.717) is 0 Å². The Morgan fingerprint density at radius 3 is 2.60 bits per heavy atom. The highest BCUT2D eigenvalue weighted by atomic mass is 14.9. The first-order valence-corrected chi connectivity index (χ1v) is 6.97. The molecule has 2 aromatic carbocycles. The summed E-state index contributed by atoms with van der Waals surface area (Å²) in [5.74, 6) is 0. The minimum atomic E-state index is 0.915. The van der Waals surface area contributed by atoms with Crippen molar-refractivity contribution in [1.82, 2.24) is 4.98 Å². The van der Waals surface area contributed by atoms with E-state index in [2.05, 4.69) is 64.9 Å². The number of nitrogens with zero attached hydrogens (tertiary/aromatic N) is 1. The molecule has 0 aliphatic heterocycles. The summed E-state index contributed by atoms with van der Waals surface area (Å²) in [5, 5.41) is 4.68. The average Bonchev–Trinajstić information content (AvgIpc) is 2.49. The van der Waals surface area contributed by atoms with E-state index < -0.39 is 0 Å². The monoisotopic (exact) mass is 262 g/mol. The highest BCUT2D eigenvalue weighted by Gasteiger charge is 2.02. The third-order valence-corrected chi connectivity index (χ3v) is 3.43. The second kappa shape index (κ2) is 5.74. The lowest BCUT2D eigenvalue weighted by Crippen LogP contribution is -2.05. The maximum Gasteiger partial charge on any atom is 0.0936 e. The van der Waals surface area contributed by atoms with Crippen molar-refractivity contribution in [3.63, 3.8) is 0 Å². The number of benzene rings is 2. The molecular weight excluding hydrogens is 244 g/mol. The predicted molar refractivity (Wildman–Crippen MR) is 85.1 cm³/mol. The zero-order valence-electron chi connectivity index (χ0n) is 11.6. The van der Waals surface area contributed by atoms with Crippen LogP contribution >= 0.6 is 0 Å². The molecule has 0 bridgehead atoms. The van der Waals surface area contributed by atoms with Gasteiger partial charge < -0.3 is 5.32 Å². The molecule has 0 aliphatic rings. The first-order chi connectivity index (χ1) is 9.83. The molecule has 0 spiro atoms. The molecule has 100 valence electrons. The number of pyridine rings is 1. The number of para-hydroxylation sites is 1. The summed E-state index contributed by atoms with van der Waals surface area (Å²) in [4.78, 5) is 4.64. The van der Waals surface area contributed by atoms with E-state index in [-0.39, 0.29) is 0 Å². The summed E-state index contributed by atoms with van der Waals surface area (Å²) in [6.45, 7) is 2.94. The van der Waals surface area contributed by atoms with Crippen LogP contribution in [-0.4, -0.2) is 11.5 Å². The Bertz CT molecular complexity index is 705. The lowest BCUT2D eigenvalue weighted by molar-refractivity contribution is 1.02. The molecular formula is C18H18N2. The quantitative estimate of drug-likeness (QED) is 0.762. The van der Waals surface area contributed by atoms with E-state index in [0.717, 1.165) is 29.9 Å². The molecule has 0 saturated heterocycles. The lowest BCUT2D eigenvalue weighted by atomic mass is 10.1. The molecule has 2 heteroatoms. The Hall–Kier alpha value is -2.35. The Morgan fingerprint density at radius 2 is 1.75 bits per heavy atom. The number of aryl methyl sites for hydroxylation is 1. The first kappa shape index (κ1) is 12.7. The van der Waals surface area contributed by atoms with Crippen molar-refractivity contribution >= 4 is 16.6 Å². The third-order valence-electron chi connectivity index (χ3n) is 3.43. The Morgan fingerprint density at radius 1 is 0.900 bits per heavy atom. The minimum Gasteiger partial charge on any atom is -0.383 e. The fraction of sp³-hybridized carbons (Fsp3) is 0.167. The van der Waals surface area contributed by atoms with E-state index in [1.807, 2.05) is 13.0 Å². The fourth-order valence-corrected chi connectivity index (χ4v) is 2.37. The molecule has 0 unspecified atom stereocenters. The molecule has 0 atom stereocenters. The number of hydrogen-bond donors (Lipinski definition) is 1. The molecule has 3 rings (SSSR count). The van der Waals surface area contributed by atoms with Gasteiger partial charge in [0.2, 0.25) is 0 Å². The summed E-state index contributed by atoms with van der Waals surface area (Å²) in [6, 6.07) is 21.0. The summed E-state index contributed by atoms with van der Waals surface area (Å²) in [6.07, 6.45) is 1.02. The van der Waals surface area contributed by atoms with E-state index in [1.165, 1.54) is 10.9 Å². The SMILES string of the molecule is Cc1ccc2cccc(NCCc3ccccc3)c2n1.